The summed E-state index contributed by atoms with van der Waals surface area (Å²) in [6, 6.07) is 23.8. The molecule has 0 heterocycles. The molecule has 4 rings (SSSR count). The van der Waals surface area contributed by atoms with Gasteiger partial charge in [-0.15, -0.1) is 0 Å². The maximum absolute atomic E-state index is 13.9. The van der Waals surface area contributed by atoms with Crippen molar-refractivity contribution in [3.05, 3.63) is 95.6 Å². The molecule has 2 atom stereocenters. The first kappa shape index (κ1) is 23.3. The topological polar surface area (TPSA) is 77.4 Å². The van der Waals surface area contributed by atoms with Gasteiger partial charge >= 0.3 is 24.8 Å². The van der Waals surface area contributed by atoms with Crippen molar-refractivity contribution in [3.63, 3.8) is 0 Å². The van der Waals surface area contributed by atoms with Crippen LogP contribution in [0.5, 0.6) is 0 Å². The minimum absolute atomic E-state index is 0. The predicted octanol–water partition coefficient (Wildman–Crippen LogP) is 2.46. The van der Waals surface area contributed by atoms with Crippen LogP contribution < -0.4 is 24.0 Å². The molecular weight excluding hydrogens is 402 g/mol. The zero-order valence-electron chi connectivity index (χ0n) is 17.8. The molecule has 0 saturated heterocycles. The van der Waals surface area contributed by atoms with Crippen molar-refractivity contribution >= 4 is 34.7 Å². The van der Waals surface area contributed by atoms with Crippen molar-refractivity contribution in [1.29, 1.82) is 0 Å². The van der Waals surface area contributed by atoms with E-state index in [0.717, 1.165) is 21.5 Å². The third kappa shape index (κ3) is 4.49. The fourth-order valence-corrected chi connectivity index (χ4v) is 5.89. The van der Waals surface area contributed by atoms with E-state index in [2.05, 4.69) is 0 Å². The molecule has 152 valence electrons. The van der Waals surface area contributed by atoms with Crippen LogP contribution in [0.4, 0.5) is 0 Å². The molecule has 1 N–H and O–H groups in total. The van der Waals surface area contributed by atoms with Crippen LogP contribution >= 0.6 is 7.14 Å². The van der Waals surface area contributed by atoms with Crippen LogP contribution in [0.15, 0.2) is 78.9 Å². The van der Waals surface area contributed by atoms with Crippen molar-refractivity contribution < 1.29 is 38.4 Å². The molecule has 6 heteroatoms. The van der Waals surface area contributed by atoms with Crippen LogP contribution in [0.25, 0.3) is 21.5 Å². The molecule has 0 fully saturated rings. The van der Waals surface area contributed by atoms with E-state index >= 15 is 0 Å². The SMILES string of the molecule is CP(C)(=O)C(c1cccc2ccccc12)C([O-])c1cc2ccccc2cc1C(=O)O.[Li+]. The summed E-state index contributed by atoms with van der Waals surface area (Å²) in [6.45, 7) is 3.21. The molecule has 0 saturated carbocycles. The van der Waals surface area contributed by atoms with E-state index in [1.165, 1.54) is 6.07 Å². The molecule has 4 nitrogen and oxygen atoms in total. The number of rotatable bonds is 5. The Morgan fingerprint density at radius 1 is 0.839 bits per heavy atom. The third-order valence-corrected chi connectivity index (χ3v) is 7.44. The van der Waals surface area contributed by atoms with Crippen LogP contribution in [-0.2, 0) is 4.57 Å². The first-order valence-corrected chi connectivity index (χ1v) is 12.4. The zero-order valence-corrected chi connectivity index (χ0v) is 18.7. The van der Waals surface area contributed by atoms with Gasteiger partial charge < -0.3 is 14.8 Å². The van der Waals surface area contributed by atoms with Crippen molar-refractivity contribution in [1.82, 2.24) is 0 Å². The molecule has 4 aromatic rings. The van der Waals surface area contributed by atoms with Crippen molar-refractivity contribution in [3.8, 4) is 0 Å². The number of carboxylic acid groups (broad SMARTS) is 1. The average molecular weight is 424 g/mol. The Bertz CT molecular complexity index is 1310. The second-order valence-electron chi connectivity index (χ2n) is 7.96. The van der Waals surface area contributed by atoms with E-state index in [9.17, 15) is 19.6 Å². The van der Waals surface area contributed by atoms with E-state index in [-0.39, 0.29) is 30.0 Å². The second kappa shape index (κ2) is 9.03. The fraction of sp³-hybridized carbons (Fsp3) is 0.160. The molecule has 0 amide bonds. The Morgan fingerprint density at radius 3 is 2.00 bits per heavy atom. The number of aromatic carboxylic acids is 1. The van der Waals surface area contributed by atoms with Gasteiger partial charge in [0, 0.05) is 5.66 Å². The number of carboxylic acids is 1. The number of hydrogen-bond acceptors (Lipinski definition) is 3. The van der Waals surface area contributed by atoms with E-state index in [1.54, 1.807) is 19.4 Å². The van der Waals surface area contributed by atoms with Crippen LogP contribution in [0.1, 0.15) is 33.2 Å². The molecule has 2 unspecified atom stereocenters. The summed E-state index contributed by atoms with van der Waals surface area (Å²) in [5.41, 5.74) is -0.00996. The van der Waals surface area contributed by atoms with E-state index in [4.69, 9.17) is 0 Å². The first-order chi connectivity index (χ1) is 14.3. The van der Waals surface area contributed by atoms with Gasteiger partial charge in [-0.3, -0.25) is 0 Å². The average Bonchev–Trinajstić information content (AvgIpc) is 2.72. The van der Waals surface area contributed by atoms with Gasteiger partial charge in [0.05, 0.1) is 12.7 Å². The van der Waals surface area contributed by atoms with Gasteiger partial charge in [-0.2, -0.15) is 0 Å². The molecular formula is C25H22LiO4P. The molecule has 0 aliphatic heterocycles. The van der Waals surface area contributed by atoms with Crippen molar-refractivity contribution in [2.75, 3.05) is 13.3 Å². The summed E-state index contributed by atoms with van der Waals surface area (Å²) in [5.74, 6) is -1.16. The van der Waals surface area contributed by atoms with Crippen molar-refractivity contribution in [2.45, 2.75) is 11.8 Å². The minimum Gasteiger partial charge on any atom is -0.848 e. The van der Waals surface area contributed by atoms with Gasteiger partial charge in [0.2, 0.25) is 0 Å². The summed E-state index contributed by atoms with van der Waals surface area (Å²) in [5, 5.41) is 27.0. The van der Waals surface area contributed by atoms with E-state index in [1.807, 2.05) is 66.7 Å². The molecule has 4 aromatic carbocycles. The maximum Gasteiger partial charge on any atom is 1.00 e. The Morgan fingerprint density at radius 2 is 1.39 bits per heavy atom. The van der Waals surface area contributed by atoms with Gasteiger partial charge in [-0.1, -0.05) is 78.9 Å². The predicted molar refractivity (Wildman–Crippen MR) is 120 cm³/mol. The van der Waals surface area contributed by atoms with Crippen LogP contribution in [0, 0.1) is 0 Å². The number of hydrogen-bond donors (Lipinski definition) is 1. The molecule has 0 bridgehead atoms. The summed E-state index contributed by atoms with van der Waals surface area (Å²) in [7, 11) is -2.94. The van der Waals surface area contributed by atoms with Crippen LogP contribution in [0.2, 0.25) is 0 Å². The number of benzene rings is 4. The zero-order chi connectivity index (χ0) is 21.5. The number of carbonyl (C=O) groups is 1. The molecule has 31 heavy (non-hydrogen) atoms. The molecule has 0 aromatic heterocycles. The van der Waals surface area contributed by atoms with Gasteiger partial charge in [0.25, 0.3) is 0 Å². The van der Waals surface area contributed by atoms with E-state index < -0.39 is 24.9 Å². The Balaban J connectivity index is 0.00000272. The summed E-state index contributed by atoms with van der Waals surface area (Å²) < 4.78 is 13.4. The number of fused-ring (bicyclic) bond motifs is 2. The molecule has 0 spiro atoms. The summed E-state index contributed by atoms with van der Waals surface area (Å²) >= 11 is 0. The molecule has 0 aliphatic rings. The van der Waals surface area contributed by atoms with E-state index in [0.29, 0.717) is 5.56 Å². The van der Waals surface area contributed by atoms with Gasteiger partial charge in [0.15, 0.2) is 0 Å². The van der Waals surface area contributed by atoms with Gasteiger partial charge in [0.1, 0.15) is 0 Å². The largest absolute Gasteiger partial charge is 1.00 e. The fourth-order valence-electron chi connectivity index (χ4n) is 4.18. The monoisotopic (exact) mass is 424 g/mol. The summed E-state index contributed by atoms with van der Waals surface area (Å²) in [6.07, 6.45) is -1.48. The maximum atomic E-state index is 13.9. The second-order valence-corrected chi connectivity index (χ2v) is 11.4. The van der Waals surface area contributed by atoms with Gasteiger partial charge in [-0.25, -0.2) is 4.79 Å². The first-order valence-electron chi connectivity index (χ1n) is 9.71. The molecule has 0 radical (unpaired) electrons. The summed E-state index contributed by atoms with van der Waals surface area (Å²) in [4.78, 5) is 12.0. The quantitative estimate of drug-likeness (QED) is 0.395. The smallest absolute Gasteiger partial charge is 0.848 e. The Labute approximate surface area is 193 Å². The minimum atomic E-state index is -2.94. The normalized spacial score (nSPS) is 13.5. The van der Waals surface area contributed by atoms with Crippen LogP contribution in [0.3, 0.4) is 0 Å². The van der Waals surface area contributed by atoms with Crippen molar-refractivity contribution in [2.24, 2.45) is 0 Å². The van der Waals surface area contributed by atoms with Crippen LogP contribution in [-0.4, -0.2) is 24.4 Å². The third-order valence-electron chi connectivity index (χ3n) is 5.55. The molecule has 0 aliphatic carbocycles. The Kier molecular flexibility index (Phi) is 6.79. The van der Waals surface area contributed by atoms with Gasteiger partial charge in [-0.05, 0) is 52.1 Å². The Hall–Kier alpha value is -2.34. The standard InChI is InChI=1S/C25H22O4P.Li/c1-30(2,29)24(20-13-7-11-16-8-5-6-12-19(16)20)23(26)21-14-17-9-3-4-10-18(17)15-22(21)25(27)28;/h3-15,23-24H,1-2H3,(H,27,28);/q-1;+1.